The molecule has 2 heterocycles. The molecule has 1 fully saturated rings. The summed E-state index contributed by atoms with van der Waals surface area (Å²) < 4.78 is 5.44. The molecular weight excluding hydrogens is 328 g/mol. The predicted octanol–water partition coefficient (Wildman–Crippen LogP) is 3.19. The van der Waals surface area contributed by atoms with Crippen LogP contribution in [0.5, 0.6) is 0 Å². The van der Waals surface area contributed by atoms with Crippen molar-refractivity contribution < 1.29 is 9.53 Å². The first-order valence-electron chi connectivity index (χ1n) is 9.13. The molecule has 1 saturated heterocycles. The van der Waals surface area contributed by atoms with Crippen LogP contribution >= 0.6 is 0 Å². The Labute approximate surface area is 154 Å². The molecule has 0 aliphatic carbocycles. The van der Waals surface area contributed by atoms with Crippen molar-refractivity contribution >= 4 is 23.0 Å². The minimum absolute atomic E-state index is 0.139. The van der Waals surface area contributed by atoms with Crippen LogP contribution in [0.1, 0.15) is 30.8 Å². The lowest BCUT2D eigenvalue weighted by Gasteiger charge is -2.30. The van der Waals surface area contributed by atoms with Gasteiger partial charge in [0.2, 0.25) is 0 Å². The SMILES string of the molecule is CCC(C)NC(=O)c1ccc(Nc2ccccc2N2CCOCC2)cn1. The van der Waals surface area contributed by atoms with Gasteiger partial charge in [-0.1, -0.05) is 19.1 Å². The smallest absolute Gasteiger partial charge is 0.270 e. The molecule has 0 spiro atoms. The third-order valence-electron chi connectivity index (χ3n) is 4.52. The summed E-state index contributed by atoms with van der Waals surface area (Å²) in [6.07, 6.45) is 2.59. The summed E-state index contributed by atoms with van der Waals surface area (Å²) in [4.78, 5) is 18.7. The Kier molecular flexibility index (Phi) is 6.07. The third-order valence-corrected chi connectivity index (χ3v) is 4.52. The number of benzene rings is 1. The number of amides is 1. The predicted molar refractivity (Wildman–Crippen MR) is 104 cm³/mol. The Balaban J connectivity index is 1.70. The lowest BCUT2D eigenvalue weighted by atomic mass is 10.2. The van der Waals surface area contributed by atoms with E-state index in [0.717, 1.165) is 49.8 Å². The number of carbonyl (C=O) groups excluding carboxylic acids is 1. The summed E-state index contributed by atoms with van der Waals surface area (Å²) in [5.41, 5.74) is 3.45. The van der Waals surface area contributed by atoms with E-state index in [1.54, 1.807) is 12.3 Å². The van der Waals surface area contributed by atoms with Gasteiger partial charge in [-0.25, -0.2) is 4.98 Å². The number of pyridine rings is 1. The molecule has 1 aliphatic heterocycles. The average molecular weight is 354 g/mol. The van der Waals surface area contributed by atoms with Gasteiger partial charge < -0.3 is 20.3 Å². The third kappa shape index (κ3) is 4.52. The maximum absolute atomic E-state index is 12.1. The minimum atomic E-state index is -0.139. The molecule has 2 N–H and O–H groups in total. The first-order valence-corrected chi connectivity index (χ1v) is 9.13. The maximum atomic E-state index is 12.1. The lowest BCUT2D eigenvalue weighted by molar-refractivity contribution is 0.0934. The fraction of sp³-hybridized carbons (Fsp3) is 0.400. The number of nitrogens with one attached hydrogen (secondary N) is 2. The van der Waals surface area contributed by atoms with Crippen molar-refractivity contribution in [2.75, 3.05) is 36.5 Å². The van der Waals surface area contributed by atoms with Gasteiger partial charge in [-0.2, -0.15) is 0 Å². The monoisotopic (exact) mass is 354 g/mol. The van der Waals surface area contributed by atoms with Crippen molar-refractivity contribution in [1.82, 2.24) is 10.3 Å². The highest BCUT2D eigenvalue weighted by atomic mass is 16.5. The van der Waals surface area contributed by atoms with Crippen LogP contribution in [-0.4, -0.2) is 43.2 Å². The first-order chi connectivity index (χ1) is 12.7. The molecule has 1 amide bonds. The standard InChI is InChI=1S/C20H26N4O2/c1-3-15(2)22-20(25)18-9-8-16(14-21-18)23-17-6-4-5-7-19(17)24-10-12-26-13-11-24/h4-9,14-15,23H,3,10-13H2,1-2H3,(H,22,25). The number of ether oxygens (including phenoxy) is 1. The number of hydrogen-bond acceptors (Lipinski definition) is 5. The van der Waals surface area contributed by atoms with E-state index in [1.807, 2.05) is 38.1 Å². The van der Waals surface area contributed by atoms with E-state index >= 15 is 0 Å². The van der Waals surface area contributed by atoms with E-state index < -0.39 is 0 Å². The molecule has 1 aliphatic rings. The van der Waals surface area contributed by atoms with Crippen molar-refractivity contribution in [2.24, 2.45) is 0 Å². The molecule has 26 heavy (non-hydrogen) atoms. The Morgan fingerprint density at radius 2 is 2.00 bits per heavy atom. The summed E-state index contributed by atoms with van der Waals surface area (Å²) in [7, 11) is 0. The van der Waals surface area contributed by atoms with Crippen molar-refractivity contribution in [3.63, 3.8) is 0 Å². The number of aromatic nitrogens is 1. The highest BCUT2D eigenvalue weighted by molar-refractivity contribution is 5.92. The largest absolute Gasteiger partial charge is 0.378 e. The van der Waals surface area contributed by atoms with Crippen LogP contribution in [0.4, 0.5) is 17.1 Å². The van der Waals surface area contributed by atoms with Gasteiger partial charge in [0.25, 0.3) is 5.91 Å². The van der Waals surface area contributed by atoms with Crippen LogP contribution < -0.4 is 15.5 Å². The van der Waals surface area contributed by atoms with E-state index in [0.29, 0.717) is 5.69 Å². The molecule has 0 radical (unpaired) electrons. The van der Waals surface area contributed by atoms with Crippen LogP contribution in [0.3, 0.4) is 0 Å². The molecule has 1 aromatic carbocycles. The van der Waals surface area contributed by atoms with Crippen molar-refractivity contribution in [1.29, 1.82) is 0 Å². The molecule has 1 unspecified atom stereocenters. The van der Waals surface area contributed by atoms with Gasteiger partial charge >= 0.3 is 0 Å². The molecule has 0 saturated carbocycles. The molecule has 2 aromatic rings. The highest BCUT2D eigenvalue weighted by Crippen LogP contribution is 2.29. The van der Waals surface area contributed by atoms with Gasteiger partial charge in [-0.05, 0) is 37.6 Å². The molecule has 0 bridgehead atoms. The average Bonchev–Trinajstić information content (AvgIpc) is 2.69. The molecule has 3 rings (SSSR count). The molecule has 6 nitrogen and oxygen atoms in total. The number of hydrogen-bond donors (Lipinski definition) is 2. The number of para-hydroxylation sites is 2. The Morgan fingerprint density at radius 3 is 2.69 bits per heavy atom. The maximum Gasteiger partial charge on any atom is 0.270 e. The van der Waals surface area contributed by atoms with E-state index in [1.165, 1.54) is 0 Å². The van der Waals surface area contributed by atoms with Crippen molar-refractivity contribution in [3.05, 3.63) is 48.3 Å². The molecule has 1 atom stereocenters. The summed E-state index contributed by atoms with van der Waals surface area (Å²) in [6, 6.07) is 12.0. The molecule has 138 valence electrons. The summed E-state index contributed by atoms with van der Waals surface area (Å²) in [5, 5.41) is 6.34. The molecule has 6 heteroatoms. The summed E-state index contributed by atoms with van der Waals surface area (Å²) >= 11 is 0. The van der Waals surface area contributed by atoms with Gasteiger partial charge in [-0.3, -0.25) is 4.79 Å². The van der Waals surface area contributed by atoms with Gasteiger partial charge in [0, 0.05) is 19.1 Å². The quantitative estimate of drug-likeness (QED) is 0.834. The fourth-order valence-corrected chi connectivity index (χ4v) is 2.82. The van der Waals surface area contributed by atoms with Gasteiger partial charge in [0.1, 0.15) is 5.69 Å². The van der Waals surface area contributed by atoms with Crippen LogP contribution in [0.25, 0.3) is 0 Å². The zero-order valence-electron chi connectivity index (χ0n) is 15.4. The normalized spacial score (nSPS) is 15.4. The number of carbonyl (C=O) groups is 1. The lowest BCUT2D eigenvalue weighted by Crippen LogP contribution is -2.36. The van der Waals surface area contributed by atoms with Gasteiger partial charge in [0.05, 0.1) is 36.5 Å². The molecule has 1 aromatic heterocycles. The number of nitrogens with zero attached hydrogens (tertiary/aromatic N) is 2. The summed E-state index contributed by atoms with van der Waals surface area (Å²) in [5.74, 6) is -0.139. The van der Waals surface area contributed by atoms with E-state index in [-0.39, 0.29) is 11.9 Å². The highest BCUT2D eigenvalue weighted by Gasteiger charge is 2.15. The topological polar surface area (TPSA) is 66.5 Å². The zero-order chi connectivity index (χ0) is 18.4. The Hall–Kier alpha value is -2.60. The van der Waals surface area contributed by atoms with Crippen molar-refractivity contribution in [2.45, 2.75) is 26.3 Å². The van der Waals surface area contributed by atoms with Gasteiger partial charge in [0.15, 0.2) is 0 Å². The summed E-state index contributed by atoms with van der Waals surface area (Å²) in [6.45, 7) is 7.27. The number of morpholine rings is 1. The van der Waals surface area contributed by atoms with E-state index in [2.05, 4.69) is 26.6 Å². The minimum Gasteiger partial charge on any atom is -0.378 e. The first kappa shape index (κ1) is 18.2. The Bertz CT molecular complexity index is 727. The number of anilines is 3. The Morgan fingerprint density at radius 1 is 1.23 bits per heavy atom. The van der Waals surface area contributed by atoms with E-state index in [4.69, 9.17) is 4.74 Å². The second kappa shape index (κ2) is 8.67. The van der Waals surface area contributed by atoms with Crippen molar-refractivity contribution in [3.8, 4) is 0 Å². The fourth-order valence-electron chi connectivity index (χ4n) is 2.82. The number of rotatable bonds is 6. The molecular formula is C20H26N4O2. The van der Waals surface area contributed by atoms with Crippen LogP contribution in [0, 0.1) is 0 Å². The second-order valence-electron chi connectivity index (χ2n) is 6.46. The van der Waals surface area contributed by atoms with Crippen LogP contribution in [-0.2, 0) is 4.74 Å². The van der Waals surface area contributed by atoms with Gasteiger partial charge in [-0.15, -0.1) is 0 Å². The van der Waals surface area contributed by atoms with Crippen LogP contribution in [0.15, 0.2) is 42.6 Å². The van der Waals surface area contributed by atoms with E-state index in [9.17, 15) is 4.79 Å². The van der Waals surface area contributed by atoms with Crippen LogP contribution in [0.2, 0.25) is 0 Å². The second-order valence-corrected chi connectivity index (χ2v) is 6.46. The zero-order valence-corrected chi connectivity index (χ0v) is 15.4.